The van der Waals surface area contributed by atoms with Crippen molar-refractivity contribution in [2.24, 2.45) is 10.8 Å². The van der Waals surface area contributed by atoms with Crippen molar-refractivity contribution in [1.29, 1.82) is 5.26 Å². The Morgan fingerprint density at radius 3 is 2.62 bits per heavy atom. The first-order chi connectivity index (χ1) is 7.39. The molecule has 16 heavy (non-hydrogen) atoms. The smallest absolute Gasteiger partial charge is 0.303 e. The van der Waals surface area contributed by atoms with Crippen LogP contribution in [0.5, 0.6) is 0 Å². The van der Waals surface area contributed by atoms with Gasteiger partial charge in [0.25, 0.3) is 0 Å². The molecule has 0 unspecified atom stereocenters. The van der Waals surface area contributed by atoms with Gasteiger partial charge < -0.3 is 5.11 Å². The minimum Gasteiger partial charge on any atom is -0.481 e. The molecule has 0 saturated heterocycles. The zero-order valence-electron chi connectivity index (χ0n) is 9.95. The minimum atomic E-state index is -0.685. The lowest BCUT2D eigenvalue weighted by atomic mass is 9.93. The van der Waals surface area contributed by atoms with Gasteiger partial charge in [0, 0.05) is 0 Å². The first kappa shape index (κ1) is 13.4. The number of aliphatic carboxylic acids is 1. The molecular formula is C12H19NO2S. The van der Waals surface area contributed by atoms with E-state index in [1.807, 2.05) is 13.8 Å². The van der Waals surface area contributed by atoms with Gasteiger partial charge in [0.1, 0.15) is 0 Å². The second kappa shape index (κ2) is 5.09. The van der Waals surface area contributed by atoms with Gasteiger partial charge in [-0.05, 0) is 50.0 Å². The van der Waals surface area contributed by atoms with Gasteiger partial charge in [-0.2, -0.15) is 17.0 Å². The van der Waals surface area contributed by atoms with Crippen LogP contribution in [0.15, 0.2) is 0 Å². The summed E-state index contributed by atoms with van der Waals surface area (Å²) >= 11 is 1.79. The van der Waals surface area contributed by atoms with Crippen molar-refractivity contribution >= 4 is 17.7 Å². The van der Waals surface area contributed by atoms with Crippen molar-refractivity contribution in [1.82, 2.24) is 0 Å². The summed E-state index contributed by atoms with van der Waals surface area (Å²) in [5, 5.41) is 17.6. The SMILES string of the molecule is CC(C)(C#N)CCSCC1(CC(=O)O)CC1. The second-order valence-electron chi connectivity index (χ2n) is 5.37. The normalized spacial score (nSPS) is 17.8. The molecule has 1 N–H and O–H groups in total. The Kier molecular flexibility index (Phi) is 4.26. The average Bonchev–Trinajstić information content (AvgIpc) is 2.92. The van der Waals surface area contributed by atoms with Crippen molar-refractivity contribution in [3.63, 3.8) is 0 Å². The first-order valence-corrected chi connectivity index (χ1v) is 6.75. The molecular weight excluding hydrogens is 222 g/mol. The van der Waals surface area contributed by atoms with E-state index in [0.717, 1.165) is 30.8 Å². The maximum Gasteiger partial charge on any atom is 0.303 e. The van der Waals surface area contributed by atoms with Gasteiger partial charge in [-0.15, -0.1) is 0 Å². The molecule has 0 heterocycles. The van der Waals surface area contributed by atoms with Crippen LogP contribution in [0, 0.1) is 22.2 Å². The fourth-order valence-corrected chi connectivity index (χ4v) is 3.16. The third kappa shape index (κ3) is 4.44. The second-order valence-corrected chi connectivity index (χ2v) is 6.47. The molecule has 1 aliphatic carbocycles. The number of nitrogens with zero attached hydrogens (tertiary/aromatic N) is 1. The van der Waals surface area contributed by atoms with Crippen molar-refractivity contribution in [3.8, 4) is 6.07 Å². The summed E-state index contributed by atoms with van der Waals surface area (Å²) in [6.45, 7) is 3.88. The predicted octanol–water partition coefficient (Wildman–Crippen LogP) is 2.91. The number of hydrogen-bond acceptors (Lipinski definition) is 3. The van der Waals surface area contributed by atoms with Gasteiger partial charge >= 0.3 is 5.97 Å². The summed E-state index contributed by atoms with van der Waals surface area (Å²) in [6.07, 6.45) is 3.28. The fourth-order valence-electron chi connectivity index (χ4n) is 1.54. The summed E-state index contributed by atoms with van der Waals surface area (Å²) in [6, 6.07) is 2.28. The van der Waals surface area contributed by atoms with Crippen LogP contribution in [0.3, 0.4) is 0 Å². The summed E-state index contributed by atoms with van der Waals surface area (Å²) < 4.78 is 0. The Morgan fingerprint density at radius 1 is 1.56 bits per heavy atom. The zero-order chi connectivity index (χ0) is 12.2. The molecule has 0 spiro atoms. The zero-order valence-corrected chi connectivity index (χ0v) is 10.8. The molecule has 0 aromatic heterocycles. The van der Waals surface area contributed by atoms with Crippen LogP contribution in [0.2, 0.25) is 0 Å². The minimum absolute atomic E-state index is 0.0767. The number of carbonyl (C=O) groups is 1. The summed E-state index contributed by atoms with van der Waals surface area (Å²) in [4.78, 5) is 10.6. The highest BCUT2D eigenvalue weighted by Crippen LogP contribution is 2.51. The molecule has 1 saturated carbocycles. The third-order valence-corrected chi connectivity index (χ3v) is 4.37. The van der Waals surface area contributed by atoms with Crippen molar-refractivity contribution in [2.45, 2.75) is 39.5 Å². The van der Waals surface area contributed by atoms with Gasteiger partial charge in [-0.25, -0.2) is 0 Å². The molecule has 0 atom stereocenters. The summed E-state index contributed by atoms with van der Waals surface area (Å²) in [5.41, 5.74) is -0.177. The molecule has 0 bridgehead atoms. The van der Waals surface area contributed by atoms with Gasteiger partial charge in [-0.1, -0.05) is 0 Å². The van der Waals surface area contributed by atoms with Crippen molar-refractivity contribution in [3.05, 3.63) is 0 Å². The number of carboxylic acids is 1. The molecule has 0 amide bonds. The van der Waals surface area contributed by atoms with Gasteiger partial charge in [0.05, 0.1) is 17.9 Å². The highest BCUT2D eigenvalue weighted by Gasteiger charge is 2.44. The monoisotopic (exact) mass is 241 g/mol. The first-order valence-electron chi connectivity index (χ1n) is 5.60. The fraction of sp³-hybridized carbons (Fsp3) is 0.833. The molecule has 4 heteroatoms. The lowest BCUT2D eigenvalue weighted by Crippen LogP contribution is -2.13. The quantitative estimate of drug-likeness (QED) is 0.696. The molecule has 90 valence electrons. The Bertz CT molecular complexity index is 303. The summed E-state index contributed by atoms with van der Waals surface area (Å²) in [7, 11) is 0. The van der Waals surface area contributed by atoms with Crippen LogP contribution >= 0.6 is 11.8 Å². The Morgan fingerprint density at radius 2 is 2.19 bits per heavy atom. The highest BCUT2D eigenvalue weighted by atomic mass is 32.2. The average molecular weight is 241 g/mol. The Hall–Kier alpha value is -0.690. The van der Waals surface area contributed by atoms with Crippen LogP contribution in [0.1, 0.15) is 39.5 Å². The van der Waals surface area contributed by atoms with E-state index in [1.54, 1.807) is 11.8 Å². The largest absolute Gasteiger partial charge is 0.481 e. The molecule has 1 aliphatic rings. The van der Waals surface area contributed by atoms with Gasteiger partial charge in [0.2, 0.25) is 0 Å². The van der Waals surface area contributed by atoms with E-state index in [1.165, 1.54) is 0 Å². The molecule has 0 aromatic carbocycles. The predicted molar refractivity (Wildman–Crippen MR) is 65.3 cm³/mol. The van der Waals surface area contributed by atoms with E-state index in [4.69, 9.17) is 10.4 Å². The maximum absolute atomic E-state index is 10.6. The Labute approximate surface area is 101 Å². The van der Waals surface area contributed by atoms with Crippen molar-refractivity contribution in [2.75, 3.05) is 11.5 Å². The number of rotatable bonds is 7. The lowest BCUT2D eigenvalue weighted by Gasteiger charge is -2.16. The number of carboxylic acid groups (broad SMARTS) is 1. The van der Waals surface area contributed by atoms with E-state index in [-0.39, 0.29) is 10.8 Å². The molecule has 0 aromatic rings. The van der Waals surface area contributed by atoms with E-state index in [2.05, 4.69) is 6.07 Å². The molecule has 0 aliphatic heterocycles. The van der Waals surface area contributed by atoms with Crippen LogP contribution < -0.4 is 0 Å². The van der Waals surface area contributed by atoms with Crippen LogP contribution in [-0.2, 0) is 4.79 Å². The topological polar surface area (TPSA) is 61.1 Å². The lowest BCUT2D eigenvalue weighted by molar-refractivity contribution is -0.138. The van der Waals surface area contributed by atoms with Crippen LogP contribution in [-0.4, -0.2) is 22.6 Å². The molecule has 1 rings (SSSR count). The molecule has 0 radical (unpaired) electrons. The van der Waals surface area contributed by atoms with Crippen LogP contribution in [0.4, 0.5) is 0 Å². The number of hydrogen-bond donors (Lipinski definition) is 1. The third-order valence-electron chi connectivity index (χ3n) is 3.07. The summed E-state index contributed by atoms with van der Waals surface area (Å²) in [5.74, 6) is 1.19. The van der Waals surface area contributed by atoms with Crippen LogP contribution in [0.25, 0.3) is 0 Å². The van der Waals surface area contributed by atoms with Crippen molar-refractivity contribution < 1.29 is 9.90 Å². The van der Waals surface area contributed by atoms with E-state index in [9.17, 15) is 4.79 Å². The van der Waals surface area contributed by atoms with E-state index < -0.39 is 5.97 Å². The molecule has 1 fully saturated rings. The maximum atomic E-state index is 10.6. The standard InChI is InChI=1S/C12H19NO2S/c1-11(2,8-13)5-6-16-9-12(3-4-12)7-10(14)15/h3-7,9H2,1-2H3,(H,14,15). The Balaban J connectivity index is 2.17. The van der Waals surface area contributed by atoms with E-state index in [0.29, 0.717) is 6.42 Å². The number of thioether (sulfide) groups is 1. The number of nitriles is 1. The van der Waals surface area contributed by atoms with Gasteiger partial charge in [-0.3, -0.25) is 4.79 Å². The molecule has 3 nitrogen and oxygen atoms in total. The highest BCUT2D eigenvalue weighted by molar-refractivity contribution is 7.99. The van der Waals surface area contributed by atoms with Gasteiger partial charge in [0.15, 0.2) is 0 Å². The van der Waals surface area contributed by atoms with E-state index >= 15 is 0 Å².